The molecule has 0 spiro atoms. The van der Waals surface area contributed by atoms with Crippen molar-refractivity contribution in [1.82, 2.24) is 15.2 Å². The Bertz CT molecular complexity index is 407. The van der Waals surface area contributed by atoms with Crippen LogP contribution in [0.3, 0.4) is 0 Å². The molecule has 5 heteroatoms. The van der Waals surface area contributed by atoms with Gasteiger partial charge in [-0.2, -0.15) is 5.10 Å². The molecule has 3 rings (SSSR count). The average Bonchev–Trinajstić information content (AvgIpc) is 2.39. The highest BCUT2D eigenvalue weighted by atomic mass is 16.2. The Morgan fingerprint density at radius 3 is 2.94 bits per heavy atom. The van der Waals surface area contributed by atoms with Crippen molar-refractivity contribution in [3.05, 3.63) is 24.4 Å². The van der Waals surface area contributed by atoms with E-state index in [4.69, 9.17) is 0 Å². The van der Waals surface area contributed by atoms with E-state index in [1.165, 1.54) is 0 Å². The van der Waals surface area contributed by atoms with Gasteiger partial charge in [0.05, 0.1) is 6.04 Å². The van der Waals surface area contributed by atoms with E-state index in [9.17, 15) is 4.79 Å². The molecule has 1 saturated heterocycles. The minimum absolute atomic E-state index is 0.0978. The van der Waals surface area contributed by atoms with E-state index >= 15 is 0 Å². The first-order valence-electron chi connectivity index (χ1n) is 6.07. The van der Waals surface area contributed by atoms with Crippen molar-refractivity contribution >= 4 is 11.7 Å². The number of carbonyl (C=O) groups is 1. The molecule has 90 valence electrons. The van der Waals surface area contributed by atoms with Crippen molar-refractivity contribution < 1.29 is 4.79 Å². The summed E-state index contributed by atoms with van der Waals surface area (Å²) in [6.45, 7) is 2.35. The molecule has 0 atom stereocenters. The molecule has 0 aliphatic carbocycles. The molecule has 3 aliphatic heterocycles. The van der Waals surface area contributed by atoms with Crippen molar-refractivity contribution in [3.8, 4) is 0 Å². The maximum atomic E-state index is 12.0. The lowest BCUT2D eigenvalue weighted by Crippen LogP contribution is -2.51. The first-order valence-corrected chi connectivity index (χ1v) is 6.07. The Kier molecular flexibility index (Phi) is 2.68. The molecule has 0 aromatic carbocycles. The van der Waals surface area contributed by atoms with Gasteiger partial charge in [-0.3, -0.25) is 4.79 Å². The lowest BCUT2D eigenvalue weighted by Gasteiger charge is -2.37. The first kappa shape index (κ1) is 10.5. The third-order valence-corrected chi connectivity index (χ3v) is 3.34. The lowest BCUT2D eigenvalue weighted by molar-refractivity contribution is -0.135. The number of fused-ring (bicyclic) bond motifs is 1. The number of amidine groups is 1. The number of allylic oxidation sites excluding steroid dienone is 2. The fraction of sp³-hybridized carbons (Fsp3) is 0.500. The summed E-state index contributed by atoms with van der Waals surface area (Å²) >= 11 is 0. The highest BCUT2D eigenvalue weighted by Crippen LogP contribution is 2.18. The number of nitrogens with one attached hydrogen (secondary N) is 1. The summed E-state index contributed by atoms with van der Waals surface area (Å²) in [4.78, 5) is 13.9. The van der Waals surface area contributed by atoms with E-state index in [0.717, 1.165) is 31.8 Å². The zero-order valence-electron chi connectivity index (χ0n) is 9.67. The molecule has 3 aliphatic rings. The van der Waals surface area contributed by atoms with Gasteiger partial charge in [-0.05, 0) is 38.1 Å². The number of hydrogen-bond acceptors (Lipinski definition) is 4. The molecule has 1 fully saturated rings. The van der Waals surface area contributed by atoms with E-state index in [1.807, 2.05) is 29.3 Å². The quantitative estimate of drug-likeness (QED) is 0.706. The minimum atomic E-state index is 0.0978. The van der Waals surface area contributed by atoms with Gasteiger partial charge in [-0.25, -0.2) is 5.01 Å². The van der Waals surface area contributed by atoms with Crippen LogP contribution in [0.2, 0.25) is 0 Å². The van der Waals surface area contributed by atoms with Gasteiger partial charge in [0.1, 0.15) is 6.54 Å². The van der Waals surface area contributed by atoms with E-state index < -0.39 is 0 Å². The van der Waals surface area contributed by atoms with Crippen LogP contribution in [0.1, 0.15) is 12.8 Å². The molecule has 0 aromatic heterocycles. The molecule has 1 N–H and O–H groups in total. The summed E-state index contributed by atoms with van der Waals surface area (Å²) in [7, 11) is 0. The maximum Gasteiger partial charge on any atom is 0.262 e. The van der Waals surface area contributed by atoms with Crippen LogP contribution in [-0.4, -0.2) is 47.3 Å². The Morgan fingerprint density at radius 2 is 2.12 bits per heavy atom. The van der Waals surface area contributed by atoms with Gasteiger partial charge in [0.2, 0.25) is 0 Å². The van der Waals surface area contributed by atoms with Gasteiger partial charge in [-0.1, -0.05) is 6.08 Å². The van der Waals surface area contributed by atoms with Crippen molar-refractivity contribution in [2.45, 2.75) is 18.9 Å². The zero-order chi connectivity index (χ0) is 11.7. The van der Waals surface area contributed by atoms with Crippen LogP contribution in [0, 0.1) is 0 Å². The van der Waals surface area contributed by atoms with Crippen LogP contribution in [0.15, 0.2) is 29.5 Å². The molecule has 0 aromatic rings. The van der Waals surface area contributed by atoms with Gasteiger partial charge in [-0.15, -0.1) is 0 Å². The van der Waals surface area contributed by atoms with Gasteiger partial charge in [0, 0.05) is 6.20 Å². The monoisotopic (exact) mass is 232 g/mol. The summed E-state index contributed by atoms with van der Waals surface area (Å²) in [5.74, 6) is 0.964. The standard InChI is InChI=1S/C12H16N4O/c17-12-9-15-8-2-1-3-11(15)14-16(12)10-4-6-13-7-5-10/h1-3,8,10,13H,4-7,9H2. The molecule has 0 bridgehead atoms. The van der Waals surface area contributed by atoms with Gasteiger partial charge >= 0.3 is 0 Å². The average molecular weight is 232 g/mol. The second kappa shape index (κ2) is 4.33. The Morgan fingerprint density at radius 1 is 1.29 bits per heavy atom. The number of carbonyl (C=O) groups excluding carboxylic acids is 1. The van der Waals surface area contributed by atoms with Crippen LogP contribution in [0.4, 0.5) is 0 Å². The second-order valence-electron chi connectivity index (χ2n) is 4.51. The molecule has 1 amide bonds. The fourth-order valence-electron chi connectivity index (χ4n) is 2.41. The van der Waals surface area contributed by atoms with E-state index in [-0.39, 0.29) is 11.9 Å². The van der Waals surface area contributed by atoms with Crippen molar-refractivity contribution in [1.29, 1.82) is 0 Å². The largest absolute Gasteiger partial charge is 0.322 e. The summed E-state index contributed by atoms with van der Waals surface area (Å²) in [6.07, 6.45) is 9.69. The van der Waals surface area contributed by atoms with Crippen molar-refractivity contribution in [2.24, 2.45) is 5.10 Å². The minimum Gasteiger partial charge on any atom is -0.322 e. The highest BCUT2D eigenvalue weighted by Gasteiger charge is 2.31. The van der Waals surface area contributed by atoms with Gasteiger partial charge in [0.25, 0.3) is 5.91 Å². The third-order valence-electron chi connectivity index (χ3n) is 3.34. The molecule has 0 unspecified atom stereocenters. The highest BCUT2D eigenvalue weighted by molar-refractivity contribution is 6.00. The number of nitrogens with zero attached hydrogens (tertiary/aromatic N) is 3. The third kappa shape index (κ3) is 1.98. The second-order valence-corrected chi connectivity index (χ2v) is 4.51. The Labute approximate surface area is 100 Å². The molecule has 17 heavy (non-hydrogen) atoms. The van der Waals surface area contributed by atoms with Crippen LogP contribution >= 0.6 is 0 Å². The summed E-state index contributed by atoms with van der Waals surface area (Å²) in [5, 5.41) is 9.46. The van der Waals surface area contributed by atoms with Gasteiger partial charge < -0.3 is 10.2 Å². The fourth-order valence-corrected chi connectivity index (χ4v) is 2.41. The van der Waals surface area contributed by atoms with E-state index in [1.54, 1.807) is 5.01 Å². The van der Waals surface area contributed by atoms with E-state index in [2.05, 4.69) is 10.4 Å². The predicted octanol–water partition coefficient (Wildman–Crippen LogP) is 0.280. The molecule has 5 nitrogen and oxygen atoms in total. The normalized spacial score (nSPS) is 24.9. The lowest BCUT2D eigenvalue weighted by atomic mass is 10.1. The predicted molar refractivity (Wildman–Crippen MR) is 65.2 cm³/mol. The SMILES string of the molecule is O=C1CN2C=CC=CC2=NN1C1CCNCC1. The molecular weight excluding hydrogens is 216 g/mol. The van der Waals surface area contributed by atoms with Crippen LogP contribution in [0.25, 0.3) is 0 Å². The van der Waals surface area contributed by atoms with Crippen LogP contribution < -0.4 is 5.32 Å². The van der Waals surface area contributed by atoms with Crippen LogP contribution in [-0.2, 0) is 4.79 Å². The first-order chi connectivity index (χ1) is 8.34. The van der Waals surface area contributed by atoms with Crippen molar-refractivity contribution in [3.63, 3.8) is 0 Å². The maximum absolute atomic E-state index is 12.0. The topological polar surface area (TPSA) is 47.9 Å². The number of hydrazone groups is 1. The zero-order valence-corrected chi connectivity index (χ0v) is 9.67. The Balaban J connectivity index is 1.82. The molecule has 0 radical (unpaired) electrons. The molecule has 3 heterocycles. The summed E-state index contributed by atoms with van der Waals surface area (Å²) in [6, 6.07) is 0.262. The number of amides is 1. The number of rotatable bonds is 1. The molecular formula is C12H16N4O. The smallest absolute Gasteiger partial charge is 0.262 e. The Hall–Kier alpha value is -1.62. The van der Waals surface area contributed by atoms with Crippen molar-refractivity contribution in [2.75, 3.05) is 19.6 Å². The van der Waals surface area contributed by atoms with Gasteiger partial charge in [0.15, 0.2) is 5.84 Å². The number of hydrogen-bond donors (Lipinski definition) is 1. The summed E-state index contributed by atoms with van der Waals surface area (Å²) < 4.78 is 0. The van der Waals surface area contributed by atoms with E-state index in [0.29, 0.717) is 6.54 Å². The molecule has 0 saturated carbocycles. The summed E-state index contributed by atoms with van der Waals surface area (Å²) in [5.41, 5.74) is 0. The number of piperidine rings is 1. The van der Waals surface area contributed by atoms with Crippen LogP contribution in [0.5, 0.6) is 0 Å².